The van der Waals surface area contributed by atoms with E-state index in [1.165, 1.54) is 12.1 Å². The van der Waals surface area contributed by atoms with Crippen LogP contribution in [0.15, 0.2) is 36.4 Å². The average molecular weight is 358 g/mol. The third-order valence-corrected chi connectivity index (χ3v) is 4.82. The fourth-order valence-electron chi connectivity index (χ4n) is 3.34. The number of fused-ring (bicyclic) bond motifs is 1. The second-order valence-corrected chi connectivity index (χ2v) is 6.21. The fourth-order valence-corrected chi connectivity index (χ4v) is 3.34. The van der Waals surface area contributed by atoms with Crippen LogP contribution in [-0.4, -0.2) is 36.8 Å². The van der Waals surface area contributed by atoms with Crippen LogP contribution in [0, 0.1) is 5.21 Å². The largest absolute Gasteiger partial charge is 0.595 e. The van der Waals surface area contributed by atoms with E-state index in [0.29, 0.717) is 23.6 Å². The molecular formula is C19H22N2O5. The van der Waals surface area contributed by atoms with Crippen LogP contribution < -0.4 is 14.7 Å². The zero-order chi connectivity index (χ0) is 18.8. The number of amides is 1. The highest BCUT2D eigenvalue weighted by Gasteiger charge is 2.29. The summed E-state index contributed by atoms with van der Waals surface area (Å²) in [4.78, 5) is 14.7. The van der Waals surface area contributed by atoms with Crippen LogP contribution in [0.1, 0.15) is 34.5 Å². The van der Waals surface area contributed by atoms with Gasteiger partial charge in [-0.05, 0) is 48.7 Å². The molecule has 1 amide bonds. The number of carbonyl (C=O) groups excluding carboxylic acids is 1. The fraction of sp³-hybridized carbons (Fsp3) is 0.316. The molecule has 2 N–H and O–H groups in total. The van der Waals surface area contributed by atoms with Gasteiger partial charge in [0, 0.05) is 24.2 Å². The molecule has 1 unspecified atom stereocenters. The molecule has 0 saturated carbocycles. The quantitative estimate of drug-likeness (QED) is 0.815. The summed E-state index contributed by atoms with van der Waals surface area (Å²) in [5.41, 5.74) is 2.81. The highest BCUT2D eigenvalue weighted by atomic mass is 16.8. The minimum absolute atomic E-state index is 0.116. The van der Waals surface area contributed by atoms with Crippen LogP contribution in [0.25, 0.3) is 0 Å². The maximum Gasteiger partial charge on any atom is 0.254 e. The van der Waals surface area contributed by atoms with E-state index in [0.717, 1.165) is 17.5 Å². The lowest BCUT2D eigenvalue weighted by Gasteiger charge is -2.36. The Morgan fingerprint density at radius 3 is 2.38 bits per heavy atom. The Balaban J connectivity index is 1.88. The third-order valence-electron chi connectivity index (χ3n) is 4.82. The number of hydrogen-bond acceptors (Lipinski definition) is 5. The molecule has 7 heteroatoms. The summed E-state index contributed by atoms with van der Waals surface area (Å²) in [6, 6.07) is 9.79. The van der Waals surface area contributed by atoms with E-state index in [1.807, 2.05) is 19.1 Å². The number of quaternary nitrogens is 1. The zero-order valence-electron chi connectivity index (χ0n) is 15.0. The number of benzene rings is 2. The molecule has 0 fully saturated rings. The second-order valence-electron chi connectivity index (χ2n) is 6.21. The molecule has 26 heavy (non-hydrogen) atoms. The van der Waals surface area contributed by atoms with Gasteiger partial charge in [-0.2, -0.15) is 5.23 Å². The molecule has 0 bridgehead atoms. The van der Waals surface area contributed by atoms with Gasteiger partial charge in [0.05, 0.1) is 20.3 Å². The van der Waals surface area contributed by atoms with Gasteiger partial charge in [-0.15, -0.1) is 0 Å². The number of ether oxygens (including phenoxy) is 2. The molecule has 2 aromatic carbocycles. The summed E-state index contributed by atoms with van der Waals surface area (Å²) in [5.74, 6) is 1.20. The minimum atomic E-state index is -1.01. The lowest BCUT2D eigenvalue weighted by Crippen LogP contribution is -2.99. The zero-order valence-corrected chi connectivity index (χ0v) is 15.0. The Kier molecular flexibility index (Phi) is 5.13. The summed E-state index contributed by atoms with van der Waals surface area (Å²) in [6.45, 7) is 2.57. The van der Waals surface area contributed by atoms with E-state index >= 15 is 0 Å². The molecule has 1 aliphatic heterocycles. The first-order chi connectivity index (χ1) is 12.5. The molecule has 7 nitrogen and oxygen atoms in total. The molecule has 1 heterocycles. The molecular weight excluding hydrogens is 336 g/mol. The Hall–Kier alpha value is -2.61. The molecule has 138 valence electrons. The molecule has 3 rings (SSSR count). The van der Waals surface area contributed by atoms with Crippen LogP contribution in [0.5, 0.6) is 11.5 Å². The summed E-state index contributed by atoms with van der Waals surface area (Å²) < 4.78 is 10.7. The van der Waals surface area contributed by atoms with Gasteiger partial charge in [-0.25, -0.2) is 5.21 Å². The summed E-state index contributed by atoms with van der Waals surface area (Å²) in [7, 11) is 3.19. The number of rotatable bonds is 4. The maximum atomic E-state index is 12.9. The normalized spacial score (nSPS) is 17.4. The van der Waals surface area contributed by atoms with E-state index in [9.17, 15) is 10.0 Å². The molecule has 0 radical (unpaired) electrons. The smallest absolute Gasteiger partial charge is 0.254 e. The number of hydrogen-bond donors (Lipinski definition) is 2. The molecule has 0 aromatic heterocycles. The van der Waals surface area contributed by atoms with Crippen LogP contribution in [0.4, 0.5) is 5.69 Å². The second kappa shape index (κ2) is 7.33. The van der Waals surface area contributed by atoms with Crippen molar-refractivity contribution in [3.05, 3.63) is 58.3 Å². The van der Waals surface area contributed by atoms with E-state index in [-0.39, 0.29) is 17.6 Å². The standard InChI is InChI=1S/C19H22N2O5/c1-12-16-11-18(26-3)17(25-2)10-14(16)8-9-20(12)19(22)13-4-6-15(7-5-13)21(23)24/h4-7,10-12,21,23H,8-9H2,1-3H3/t12-/m0/s1. The van der Waals surface area contributed by atoms with Gasteiger partial charge in [0.25, 0.3) is 5.91 Å². The van der Waals surface area contributed by atoms with Crippen molar-refractivity contribution < 1.29 is 24.7 Å². The minimum Gasteiger partial charge on any atom is -0.595 e. The van der Waals surface area contributed by atoms with Crippen molar-refractivity contribution in [2.45, 2.75) is 19.4 Å². The van der Waals surface area contributed by atoms with Gasteiger partial charge in [0.2, 0.25) is 0 Å². The van der Waals surface area contributed by atoms with Crippen LogP contribution in [0.3, 0.4) is 0 Å². The van der Waals surface area contributed by atoms with Gasteiger partial charge in [0.1, 0.15) is 0 Å². The summed E-state index contributed by atoms with van der Waals surface area (Å²) in [6.07, 6.45) is 0.721. The Morgan fingerprint density at radius 2 is 1.81 bits per heavy atom. The monoisotopic (exact) mass is 358 g/mol. The van der Waals surface area contributed by atoms with Crippen molar-refractivity contribution in [3.8, 4) is 11.5 Å². The van der Waals surface area contributed by atoms with Crippen molar-refractivity contribution in [3.63, 3.8) is 0 Å². The number of carbonyl (C=O) groups is 1. The maximum absolute atomic E-state index is 12.9. The first kappa shape index (κ1) is 18.2. The number of nitrogens with zero attached hydrogens (tertiary/aromatic N) is 1. The predicted octanol–water partition coefficient (Wildman–Crippen LogP) is 1.87. The Labute approximate surface area is 151 Å². The van der Waals surface area contributed by atoms with E-state index in [1.54, 1.807) is 31.3 Å². The number of nitrogens with one attached hydrogen (secondary N) is 1. The lowest BCUT2D eigenvalue weighted by atomic mass is 9.92. The van der Waals surface area contributed by atoms with E-state index in [2.05, 4.69) is 0 Å². The van der Waals surface area contributed by atoms with Gasteiger partial charge in [-0.1, -0.05) is 0 Å². The molecule has 0 aliphatic carbocycles. The van der Waals surface area contributed by atoms with Crippen molar-refractivity contribution in [2.24, 2.45) is 0 Å². The molecule has 2 aromatic rings. The highest BCUT2D eigenvalue weighted by Crippen LogP contribution is 2.38. The first-order valence-electron chi connectivity index (χ1n) is 8.35. The highest BCUT2D eigenvalue weighted by molar-refractivity contribution is 5.95. The third kappa shape index (κ3) is 3.24. The topological polar surface area (TPSA) is 86.5 Å². The lowest BCUT2D eigenvalue weighted by molar-refractivity contribution is -0.991. The Bertz CT molecular complexity index is 804. The first-order valence-corrected chi connectivity index (χ1v) is 8.35. The molecule has 0 spiro atoms. The van der Waals surface area contributed by atoms with Crippen molar-refractivity contribution in [1.82, 2.24) is 4.90 Å². The molecule has 0 saturated heterocycles. The van der Waals surface area contributed by atoms with Gasteiger partial charge >= 0.3 is 0 Å². The SMILES string of the molecule is COc1cc2c(cc1OC)[C@H](C)N(C(=O)c1ccc([NH+]([O-])O)cc1)CC2. The van der Waals surface area contributed by atoms with Crippen LogP contribution in [-0.2, 0) is 6.42 Å². The van der Waals surface area contributed by atoms with Crippen LogP contribution >= 0.6 is 0 Å². The molecule has 2 atom stereocenters. The van der Waals surface area contributed by atoms with Crippen molar-refractivity contribution in [2.75, 3.05) is 20.8 Å². The van der Waals surface area contributed by atoms with E-state index in [4.69, 9.17) is 14.7 Å². The van der Waals surface area contributed by atoms with Crippen molar-refractivity contribution in [1.29, 1.82) is 0 Å². The van der Waals surface area contributed by atoms with Gasteiger partial charge in [0.15, 0.2) is 17.2 Å². The summed E-state index contributed by atoms with van der Waals surface area (Å²) in [5, 5.41) is 18.9. The van der Waals surface area contributed by atoms with Crippen LogP contribution in [0.2, 0.25) is 0 Å². The van der Waals surface area contributed by atoms with Gasteiger partial charge < -0.3 is 19.6 Å². The predicted molar refractivity (Wildman–Crippen MR) is 94.9 cm³/mol. The van der Waals surface area contributed by atoms with Crippen molar-refractivity contribution >= 4 is 11.6 Å². The number of methoxy groups -OCH3 is 2. The Morgan fingerprint density at radius 1 is 1.19 bits per heavy atom. The average Bonchev–Trinajstić information content (AvgIpc) is 2.67. The summed E-state index contributed by atoms with van der Waals surface area (Å²) >= 11 is 0. The molecule has 1 aliphatic rings. The van der Waals surface area contributed by atoms with Gasteiger partial charge in [-0.3, -0.25) is 4.79 Å². The van der Waals surface area contributed by atoms with E-state index < -0.39 is 5.23 Å².